The monoisotopic (exact) mass is 270 g/mol. The molecular formula is C20H30. The zero-order valence-corrected chi connectivity index (χ0v) is 13.8. The lowest BCUT2D eigenvalue weighted by atomic mass is 9.55. The summed E-state index contributed by atoms with van der Waals surface area (Å²) < 4.78 is 0. The van der Waals surface area contributed by atoms with Gasteiger partial charge < -0.3 is 0 Å². The summed E-state index contributed by atoms with van der Waals surface area (Å²) in [5, 5.41) is 0. The minimum atomic E-state index is 0.483. The van der Waals surface area contributed by atoms with E-state index in [0.717, 1.165) is 5.92 Å². The number of fused-ring (bicyclic) bond motifs is 3. The van der Waals surface area contributed by atoms with Crippen LogP contribution in [-0.4, -0.2) is 0 Å². The molecule has 0 aromatic carbocycles. The van der Waals surface area contributed by atoms with Crippen molar-refractivity contribution in [2.45, 2.75) is 72.6 Å². The van der Waals surface area contributed by atoms with Crippen molar-refractivity contribution in [2.75, 3.05) is 0 Å². The zero-order chi connectivity index (χ0) is 14.5. The fourth-order valence-corrected chi connectivity index (χ4v) is 5.07. The second-order valence-electron chi connectivity index (χ2n) is 8.23. The molecule has 1 fully saturated rings. The quantitative estimate of drug-likeness (QED) is 0.497. The van der Waals surface area contributed by atoms with Crippen molar-refractivity contribution < 1.29 is 0 Å². The summed E-state index contributed by atoms with van der Waals surface area (Å²) in [6, 6.07) is 0. The second kappa shape index (κ2) is 4.61. The van der Waals surface area contributed by atoms with Crippen LogP contribution < -0.4 is 0 Å². The van der Waals surface area contributed by atoms with Crippen molar-refractivity contribution >= 4 is 0 Å². The van der Waals surface area contributed by atoms with Gasteiger partial charge in [-0.1, -0.05) is 43.2 Å². The highest BCUT2D eigenvalue weighted by Gasteiger charge is 2.50. The van der Waals surface area contributed by atoms with Gasteiger partial charge in [0.15, 0.2) is 0 Å². The highest BCUT2D eigenvalue weighted by molar-refractivity contribution is 5.43. The Balaban J connectivity index is 2.07. The van der Waals surface area contributed by atoms with Crippen LogP contribution >= 0.6 is 0 Å². The van der Waals surface area contributed by atoms with Gasteiger partial charge in [0.05, 0.1) is 0 Å². The highest BCUT2D eigenvalue weighted by atomic mass is 14.5. The van der Waals surface area contributed by atoms with Crippen LogP contribution in [0.1, 0.15) is 72.6 Å². The lowest BCUT2D eigenvalue weighted by molar-refractivity contribution is 0.0991. The molecular weight excluding hydrogens is 240 g/mol. The van der Waals surface area contributed by atoms with E-state index in [1.807, 2.05) is 5.57 Å². The lowest BCUT2D eigenvalue weighted by Crippen LogP contribution is -2.39. The standard InChI is InChI=1S/C20H30/c1-14(2)16-9-11-20(5)13-12-19(4)10-8-15(3)6-7-17(19)18(16)20/h8,17H,1,6-7,9-13H2,2-5H3/t17-,19-,20-/m1/s1. The summed E-state index contributed by atoms with van der Waals surface area (Å²) in [6.45, 7) is 13.9. The topological polar surface area (TPSA) is 0 Å². The Labute approximate surface area is 125 Å². The average molecular weight is 270 g/mol. The Hall–Kier alpha value is -0.780. The predicted octanol–water partition coefficient (Wildman–Crippen LogP) is 6.21. The van der Waals surface area contributed by atoms with Gasteiger partial charge in [-0.15, -0.1) is 0 Å². The van der Waals surface area contributed by atoms with Gasteiger partial charge in [-0.3, -0.25) is 0 Å². The summed E-state index contributed by atoms with van der Waals surface area (Å²) in [7, 11) is 0. The first-order valence-corrected chi connectivity index (χ1v) is 8.41. The summed E-state index contributed by atoms with van der Waals surface area (Å²) >= 11 is 0. The maximum atomic E-state index is 4.29. The molecule has 110 valence electrons. The Kier molecular flexibility index (Phi) is 3.27. The van der Waals surface area contributed by atoms with Gasteiger partial charge in [0.2, 0.25) is 0 Å². The summed E-state index contributed by atoms with van der Waals surface area (Å²) in [5.41, 5.74) is 7.39. The van der Waals surface area contributed by atoms with E-state index in [0.29, 0.717) is 10.8 Å². The molecule has 0 bridgehead atoms. The maximum absolute atomic E-state index is 4.29. The van der Waals surface area contributed by atoms with Gasteiger partial charge in [-0.25, -0.2) is 0 Å². The van der Waals surface area contributed by atoms with Crippen molar-refractivity contribution in [1.29, 1.82) is 0 Å². The number of allylic oxidation sites excluding steroid dienone is 5. The van der Waals surface area contributed by atoms with E-state index in [2.05, 4.69) is 40.3 Å². The first-order chi connectivity index (χ1) is 9.36. The van der Waals surface area contributed by atoms with Crippen molar-refractivity contribution in [2.24, 2.45) is 16.7 Å². The minimum absolute atomic E-state index is 0.483. The van der Waals surface area contributed by atoms with Crippen LogP contribution in [0.5, 0.6) is 0 Å². The molecule has 0 unspecified atom stereocenters. The third-order valence-corrected chi connectivity index (χ3v) is 6.60. The summed E-state index contributed by atoms with van der Waals surface area (Å²) in [5.74, 6) is 0.796. The fourth-order valence-electron chi connectivity index (χ4n) is 5.07. The van der Waals surface area contributed by atoms with Gasteiger partial charge in [0.25, 0.3) is 0 Å². The molecule has 0 saturated heterocycles. The molecule has 0 nitrogen and oxygen atoms in total. The molecule has 1 saturated carbocycles. The molecule has 3 aliphatic carbocycles. The highest BCUT2D eigenvalue weighted by Crippen LogP contribution is 2.62. The van der Waals surface area contributed by atoms with Gasteiger partial charge in [-0.2, -0.15) is 0 Å². The van der Waals surface area contributed by atoms with Crippen LogP contribution in [-0.2, 0) is 0 Å². The van der Waals surface area contributed by atoms with E-state index >= 15 is 0 Å². The van der Waals surface area contributed by atoms with Crippen LogP contribution in [0.2, 0.25) is 0 Å². The maximum Gasteiger partial charge on any atom is -0.0104 e. The molecule has 0 aromatic rings. The molecule has 0 spiro atoms. The zero-order valence-electron chi connectivity index (χ0n) is 13.8. The lowest BCUT2D eigenvalue weighted by Gasteiger charge is -2.49. The van der Waals surface area contributed by atoms with E-state index in [1.165, 1.54) is 50.5 Å². The van der Waals surface area contributed by atoms with Gasteiger partial charge in [-0.05, 0) is 81.1 Å². The molecule has 0 heteroatoms. The van der Waals surface area contributed by atoms with Crippen molar-refractivity contribution in [1.82, 2.24) is 0 Å². The van der Waals surface area contributed by atoms with Gasteiger partial charge >= 0.3 is 0 Å². The number of hydrogen-bond donors (Lipinski definition) is 0. The van der Waals surface area contributed by atoms with E-state index < -0.39 is 0 Å². The normalized spacial score (nSPS) is 40.8. The third-order valence-electron chi connectivity index (χ3n) is 6.60. The van der Waals surface area contributed by atoms with E-state index in [4.69, 9.17) is 0 Å². The van der Waals surface area contributed by atoms with Crippen molar-refractivity contribution in [3.8, 4) is 0 Å². The summed E-state index contributed by atoms with van der Waals surface area (Å²) in [4.78, 5) is 0. The molecule has 0 amide bonds. The molecule has 0 aromatic heterocycles. The van der Waals surface area contributed by atoms with E-state index in [-0.39, 0.29) is 0 Å². The SMILES string of the molecule is C=C(C)C1=C2[C@H]3CCC(C)=CC[C@]3(C)CC[C@@]2(C)CC1. The Morgan fingerprint density at radius 2 is 1.95 bits per heavy atom. The molecule has 0 aliphatic heterocycles. The van der Waals surface area contributed by atoms with Crippen molar-refractivity contribution in [3.63, 3.8) is 0 Å². The fraction of sp³-hybridized carbons (Fsp3) is 0.700. The van der Waals surface area contributed by atoms with E-state index in [1.54, 1.807) is 11.1 Å². The molecule has 0 radical (unpaired) electrons. The summed E-state index contributed by atoms with van der Waals surface area (Å²) in [6.07, 6.45) is 11.9. The third kappa shape index (κ3) is 2.03. The van der Waals surface area contributed by atoms with Gasteiger partial charge in [0.1, 0.15) is 0 Å². The van der Waals surface area contributed by atoms with Crippen LogP contribution in [0, 0.1) is 16.7 Å². The number of rotatable bonds is 1. The Morgan fingerprint density at radius 1 is 1.20 bits per heavy atom. The van der Waals surface area contributed by atoms with Crippen LogP contribution in [0.3, 0.4) is 0 Å². The molecule has 0 N–H and O–H groups in total. The molecule has 0 heterocycles. The van der Waals surface area contributed by atoms with E-state index in [9.17, 15) is 0 Å². The van der Waals surface area contributed by atoms with Gasteiger partial charge in [0, 0.05) is 0 Å². The second-order valence-corrected chi connectivity index (χ2v) is 8.23. The van der Waals surface area contributed by atoms with Crippen LogP contribution in [0.4, 0.5) is 0 Å². The molecule has 20 heavy (non-hydrogen) atoms. The van der Waals surface area contributed by atoms with Crippen molar-refractivity contribution in [3.05, 3.63) is 34.9 Å². The smallest absolute Gasteiger partial charge is 0.0104 e. The average Bonchev–Trinajstić information content (AvgIpc) is 2.66. The predicted molar refractivity (Wildman–Crippen MR) is 87.6 cm³/mol. The first-order valence-electron chi connectivity index (χ1n) is 8.41. The minimum Gasteiger partial charge on any atom is -0.0958 e. The first kappa shape index (κ1) is 14.2. The molecule has 3 aliphatic rings. The van der Waals surface area contributed by atoms with Crippen LogP contribution in [0.25, 0.3) is 0 Å². The molecule has 3 rings (SSSR count). The largest absolute Gasteiger partial charge is 0.0958 e. The number of hydrogen-bond acceptors (Lipinski definition) is 0. The van der Waals surface area contributed by atoms with Crippen LogP contribution in [0.15, 0.2) is 34.9 Å². The Bertz CT molecular complexity index is 504. The Morgan fingerprint density at radius 3 is 2.65 bits per heavy atom. The molecule has 3 atom stereocenters.